The van der Waals surface area contributed by atoms with Crippen LogP contribution in [0.3, 0.4) is 0 Å². The molecule has 1 saturated heterocycles. The number of nitrogens with one attached hydrogen (secondary N) is 1. The third-order valence-corrected chi connectivity index (χ3v) is 4.76. The van der Waals surface area contributed by atoms with Gasteiger partial charge in [-0.1, -0.05) is 31.2 Å². The largest absolute Gasteiger partial charge is 0.372 e. The molecule has 3 rings (SSSR count). The highest BCUT2D eigenvalue weighted by atomic mass is 16.5. The molecule has 0 amide bonds. The van der Waals surface area contributed by atoms with Crippen molar-refractivity contribution in [1.29, 1.82) is 0 Å². The predicted octanol–water partition coefficient (Wildman–Crippen LogP) is 2.23. The zero-order chi connectivity index (χ0) is 14.0. The monoisotopic (exact) mass is 274 g/mol. The number of benzene rings is 1. The van der Waals surface area contributed by atoms with Crippen molar-refractivity contribution in [2.75, 3.05) is 39.8 Å². The van der Waals surface area contributed by atoms with Crippen molar-refractivity contribution in [2.45, 2.75) is 25.9 Å². The van der Waals surface area contributed by atoms with Crippen LogP contribution in [0.4, 0.5) is 0 Å². The van der Waals surface area contributed by atoms with E-state index < -0.39 is 0 Å². The van der Waals surface area contributed by atoms with E-state index in [0.717, 1.165) is 26.1 Å². The van der Waals surface area contributed by atoms with Gasteiger partial charge in [0.05, 0.1) is 12.7 Å². The van der Waals surface area contributed by atoms with Crippen LogP contribution in [0, 0.1) is 5.41 Å². The first-order chi connectivity index (χ1) is 9.70. The first-order valence-electron chi connectivity index (χ1n) is 7.77. The van der Waals surface area contributed by atoms with E-state index in [2.05, 4.69) is 48.5 Å². The molecule has 1 fully saturated rings. The number of rotatable bonds is 4. The lowest BCUT2D eigenvalue weighted by atomic mass is 9.90. The maximum Gasteiger partial charge on any atom is 0.0954 e. The Morgan fingerprint density at radius 1 is 1.40 bits per heavy atom. The smallest absolute Gasteiger partial charge is 0.0954 e. The Kier molecular flexibility index (Phi) is 4.11. The van der Waals surface area contributed by atoms with Gasteiger partial charge in [0.2, 0.25) is 0 Å². The molecule has 2 aliphatic heterocycles. The van der Waals surface area contributed by atoms with Gasteiger partial charge >= 0.3 is 0 Å². The molecule has 1 aromatic rings. The number of hydrogen-bond acceptors (Lipinski definition) is 3. The summed E-state index contributed by atoms with van der Waals surface area (Å²) < 4.78 is 6.04. The Balaban J connectivity index is 1.65. The van der Waals surface area contributed by atoms with Crippen LogP contribution in [0.1, 0.15) is 30.6 Å². The van der Waals surface area contributed by atoms with Crippen molar-refractivity contribution in [3.05, 3.63) is 35.4 Å². The van der Waals surface area contributed by atoms with Crippen LogP contribution in [0.2, 0.25) is 0 Å². The average Bonchev–Trinajstić information content (AvgIpc) is 2.81. The molecular formula is C17H26N2O. The SMILES string of the molecule is CNCC1(C)CCN(CC2OCCc3ccccc32)C1. The van der Waals surface area contributed by atoms with Gasteiger partial charge in [-0.3, -0.25) is 4.90 Å². The summed E-state index contributed by atoms with van der Waals surface area (Å²) in [5.74, 6) is 0. The van der Waals surface area contributed by atoms with Gasteiger partial charge in [-0.05, 0) is 43.0 Å². The molecule has 2 aliphatic rings. The summed E-state index contributed by atoms with van der Waals surface area (Å²) in [6, 6.07) is 8.76. The summed E-state index contributed by atoms with van der Waals surface area (Å²) in [4.78, 5) is 2.57. The maximum absolute atomic E-state index is 6.04. The molecule has 0 spiro atoms. The first kappa shape index (κ1) is 14.1. The molecule has 2 atom stereocenters. The molecule has 2 heterocycles. The van der Waals surface area contributed by atoms with Crippen molar-refractivity contribution in [3.63, 3.8) is 0 Å². The minimum Gasteiger partial charge on any atom is -0.372 e. The number of likely N-dealkylation sites (tertiary alicyclic amines) is 1. The average molecular weight is 274 g/mol. The zero-order valence-corrected chi connectivity index (χ0v) is 12.7. The summed E-state index contributed by atoms with van der Waals surface area (Å²) in [5.41, 5.74) is 3.30. The molecule has 0 bridgehead atoms. The first-order valence-corrected chi connectivity index (χ1v) is 7.77. The van der Waals surface area contributed by atoms with E-state index in [0.29, 0.717) is 5.41 Å². The number of hydrogen-bond donors (Lipinski definition) is 1. The highest BCUT2D eigenvalue weighted by Gasteiger charge is 2.34. The number of ether oxygens (including phenoxy) is 1. The molecule has 20 heavy (non-hydrogen) atoms. The molecule has 1 aromatic carbocycles. The molecule has 3 nitrogen and oxygen atoms in total. The van der Waals surface area contributed by atoms with Gasteiger partial charge in [-0.2, -0.15) is 0 Å². The van der Waals surface area contributed by atoms with Gasteiger partial charge in [0.1, 0.15) is 0 Å². The molecule has 0 aromatic heterocycles. The second kappa shape index (κ2) is 5.84. The second-order valence-corrected chi connectivity index (χ2v) is 6.63. The van der Waals surface area contributed by atoms with Gasteiger partial charge in [0, 0.05) is 19.6 Å². The minimum atomic E-state index is 0.261. The molecule has 0 aliphatic carbocycles. The summed E-state index contributed by atoms with van der Waals surface area (Å²) in [6.07, 6.45) is 2.60. The molecule has 2 unspecified atom stereocenters. The van der Waals surface area contributed by atoms with Gasteiger partial charge in [0.25, 0.3) is 0 Å². The van der Waals surface area contributed by atoms with Crippen LogP contribution in [0.5, 0.6) is 0 Å². The van der Waals surface area contributed by atoms with Crippen LogP contribution < -0.4 is 5.32 Å². The standard InChI is InChI=1S/C17H26N2O/c1-17(12-18-2)8-9-19(13-17)11-16-15-6-4-3-5-14(15)7-10-20-16/h3-6,16,18H,7-13H2,1-2H3. The molecule has 0 radical (unpaired) electrons. The van der Waals surface area contributed by atoms with Crippen molar-refractivity contribution in [1.82, 2.24) is 10.2 Å². The van der Waals surface area contributed by atoms with Crippen molar-refractivity contribution in [2.24, 2.45) is 5.41 Å². The number of fused-ring (bicyclic) bond motifs is 1. The summed E-state index contributed by atoms with van der Waals surface area (Å²) in [6.45, 7) is 7.76. The molecule has 1 N–H and O–H groups in total. The van der Waals surface area contributed by atoms with Gasteiger partial charge < -0.3 is 10.1 Å². The molecule has 3 heteroatoms. The Hall–Kier alpha value is -0.900. The molecular weight excluding hydrogens is 248 g/mol. The predicted molar refractivity (Wildman–Crippen MR) is 81.9 cm³/mol. The van der Waals surface area contributed by atoms with Crippen molar-refractivity contribution >= 4 is 0 Å². The summed E-state index contributed by atoms with van der Waals surface area (Å²) >= 11 is 0. The Morgan fingerprint density at radius 3 is 3.10 bits per heavy atom. The summed E-state index contributed by atoms with van der Waals surface area (Å²) in [5, 5.41) is 3.33. The second-order valence-electron chi connectivity index (χ2n) is 6.63. The minimum absolute atomic E-state index is 0.261. The van der Waals surface area contributed by atoms with Gasteiger partial charge in [-0.25, -0.2) is 0 Å². The highest BCUT2D eigenvalue weighted by molar-refractivity contribution is 5.31. The van der Waals surface area contributed by atoms with E-state index in [1.165, 1.54) is 30.6 Å². The lowest BCUT2D eigenvalue weighted by molar-refractivity contribution is 0.0187. The van der Waals surface area contributed by atoms with Gasteiger partial charge in [0.15, 0.2) is 0 Å². The summed E-state index contributed by atoms with van der Waals surface area (Å²) in [7, 11) is 2.05. The topological polar surface area (TPSA) is 24.5 Å². The lowest BCUT2D eigenvalue weighted by Crippen LogP contribution is -2.35. The van der Waals surface area contributed by atoms with E-state index in [9.17, 15) is 0 Å². The fraction of sp³-hybridized carbons (Fsp3) is 0.647. The lowest BCUT2D eigenvalue weighted by Gasteiger charge is -2.30. The highest BCUT2D eigenvalue weighted by Crippen LogP contribution is 2.33. The van der Waals surface area contributed by atoms with E-state index in [-0.39, 0.29) is 6.10 Å². The van der Waals surface area contributed by atoms with E-state index in [4.69, 9.17) is 4.74 Å². The van der Waals surface area contributed by atoms with Crippen LogP contribution in [-0.2, 0) is 11.2 Å². The van der Waals surface area contributed by atoms with Crippen LogP contribution in [0.25, 0.3) is 0 Å². The Morgan fingerprint density at radius 2 is 2.25 bits per heavy atom. The molecule has 0 saturated carbocycles. The normalized spacial score (nSPS) is 30.4. The van der Waals surface area contributed by atoms with Crippen molar-refractivity contribution < 1.29 is 4.74 Å². The van der Waals surface area contributed by atoms with Crippen molar-refractivity contribution in [3.8, 4) is 0 Å². The Labute approximate surface area is 122 Å². The molecule has 110 valence electrons. The van der Waals surface area contributed by atoms with E-state index in [1.807, 2.05) is 0 Å². The quantitative estimate of drug-likeness (QED) is 0.911. The van der Waals surface area contributed by atoms with Crippen LogP contribution in [-0.4, -0.2) is 44.7 Å². The van der Waals surface area contributed by atoms with Gasteiger partial charge in [-0.15, -0.1) is 0 Å². The fourth-order valence-corrected chi connectivity index (χ4v) is 3.72. The van der Waals surface area contributed by atoms with E-state index in [1.54, 1.807) is 0 Å². The van der Waals surface area contributed by atoms with Crippen LogP contribution in [0.15, 0.2) is 24.3 Å². The zero-order valence-electron chi connectivity index (χ0n) is 12.7. The fourth-order valence-electron chi connectivity index (χ4n) is 3.72. The van der Waals surface area contributed by atoms with Crippen LogP contribution >= 0.6 is 0 Å². The number of nitrogens with zero attached hydrogens (tertiary/aromatic N) is 1. The third-order valence-electron chi connectivity index (χ3n) is 4.76. The third kappa shape index (κ3) is 2.90. The van der Waals surface area contributed by atoms with E-state index >= 15 is 0 Å². The Bertz CT molecular complexity index is 462. The maximum atomic E-state index is 6.04.